The summed E-state index contributed by atoms with van der Waals surface area (Å²) in [6.07, 6.45) is 6.21. The zero-order valence-corrected chi connectivity index (χ0v) is 8.48. The van der Waals surface area contributed by atoms with Gasteiger partial charge in [-0.2, -0.15) is 0 Å². The predicted molar refractivity (Wildman–Crippen MR) is 56.2 cm³/mol. The third kappa shape index (κ3) is 2.01. The number of aryl methyl sites for hydroxylation is 1. The van der Waals surface area contributed by atoms with Crippen LogP contribution >= 0.6 is 0 Å². The summed E-state index contributed by atoms with van der Waals surface area (Å²) in [5.74, 6) is 0.823. The average molecular weight is 192 g/mol. The molecule has 1 heterocycles. The lowest BCUT2D eigenvalue weighted by atomic mass is 10.4. The van der Waals surface area contributed by atoms with E-state index in [1.54, 1.807) is 0 Å². The molecule has 1 aliphatic rings. The van der Waals surface area contributed by atoms with Crippen molar-refractivity contribution in [3.8, 4) is 0 Å². The highest BCUT2D eigenvalue weighted by Gasteiger charge is 2.29. The van der Waals surface area contributed by atoms with Gasteiger partial charge in [-0.3, -0.25) is 0 Å². The minimum Gasteiger partial charge on any atom is -0.337 e. The normalized spacial score (nSPS) is 15.6. The van der Waals surface area contributed by atoms with Crippen LogP contribution in [0.25, 0.3) is 0 Å². The molecule has 1 saturated carbocycles. The fourth-order valence-electron chi connectivity index (χ4n) is 1.51. The molecular weight excluding hydrogens is 176 g/mol. The molecule has 4 heteroatoms. The molecule has 2 rings (SSSR count). The van der Waals surface area contributed by atoms with E-state index in [1.807, 2.05) is 19.3 Å². The van der Waals surface area contributed by atoms with Crippen LogP contribution in [0.3, 0.4) is 0 Å². The highest BCUT2D eigenvalue weighted by Crippen LogP contribution is 2.28. The van der Waals surface area contributed by atoms with Gasteiger partial charge in [0, 0.05) is 31.5 Å². The molecule has 0 saturated heterocycles. The number of aromatic nitrogens is 2. The summed E-state index contributed by atoms with van der Waals surface area (Å²) in [5.41, 5.74) is 6.66. The van der Waals surface area contributed by atoms with E-state index in [-0.39, 0.29) is 0 Å². The second-order valence-electron chi connectivity index (χ2n) is 3.77. The van der Waals surface area contributed by atoms with Gasteiger partial charge in [0.1, 0.15) is 0 Å². The molecule has 0 bridgehead atoms. The molecule has 1 fully saturated rings. The van der Waals surface area contributed by atoms with Gasteiger partial charge in [-0.15, -0.1) is 0 Å². The lowest BCUT2D eigenvalue weighted by Crippen LogP contribution is -2.32. The lowest BCUT2D eigenvalue weighted by Gasteiger charge is -2.21. The Kier molecular flexibility index (Phi) is 2.63. The first-order chi connectivity index (χ1) is 6.81. The predicted octanol–water partition coefficient (Wildman–Crippen LogP) is 0.713. The van der Waals surface area contributed by atoms with Crippen LogP contribution in [0, 0.1) is 6.92 Å². The molecule has 0 unspecified atom stereocenters. The SMILES string of the molecule is Cc1cnc(N(CCN)C2CC2)nc1. The number of rotatable bonds is 4. The van der Waals surface area contributed by atoms with E-state index in [2.05, 4.69) is 14.9 Å². The van der Waals surface area contributed by atoms with Crippen molar-refractivity contribution in [2.75, 3.05) is 18.0 Å². The molecule has 0 atom stereocenters. The van der Waals surface area contributed by atoms with Crippen LogP contribution in [0.15, 0.2) is 12.4 Å². The average Bonchev–Trinajstić information content (AvgIpc) is 2.99. The first-order valence-electron chi connectivity index (χ1n) is 5.06. The first-order valence-corrected chi connectivity index (χ1v) is 5.06. The van der Waals surface area contributed by atoms with E-state index in [0.29, 0.717) is 12.6 Å². The zero-order chi connectivity index (χ0) is 9.97. The fraction of sp³-hybridized carbons (Fsp3) is 0.600. The Labute approximate surface area is 84.2 Å². The molecule has 1 aromatic heterocycles. The number of anilines is 1. The Morgan fingerprint density at radius 3 is 2.57 bits per heavy atom. The van der Waals surface area contributed by atoms with E-state index in [9.17, 15) is 0 Å². The minimum atomic E-state index is 0.626. The molecule has 0 radical (unpaired) electrons. The third-order valence-electron chi connectivity index (χ3n) is 2.38. The van der Waals surface area contributed by atoms with Crippen molar-refractivity contribution in [1.29, 1.82) is 0 Å². The molecular formula is C10H16N4. The second-order valence-corrected chi connectivity index (χ2v) is 3.77. The molecule has 0 aliphatic heterocycles. The summed E-state index contributed by atoms with van der Waals surface area (Å²) in [5, 5.41) is 0. The molecule has 76 valence electrons. The van der Waals surface area contributed by atoms with E-state index < -0.39 is 0 Å². The Balaban J connectivity index is 2.13. The van der Waals surface area contributed by atoms with Crippen LogP contribution < -0.4 is 10.6 Å². The van der Waals surface area contributed by atoms with Crippen molar-refractivity contribution in [2.45, 2.75) is 25.8 Å². The molecule has 0 aromatic carbocycles. The summed E-state index contributed by atoms with van der Waals surface area (Å²) >= 11 is 0. The van der Waals surface area contributed by atoms with Gasteiger partial charge in [0.2, 0.25) is 5.95 Å². The molecule has 4 nitrogen and oxygen atoms in total. The van der Waals surface area contributed by atoms with Gasteiger partial charge >= 0.3 is 0 Å². The number of nitrogens with zero attached hydrogens (tertiary/aromatic N) is 3. The van der Waals surface area contributed by atoms with Crippen molar-refractivity contribution >= 4 is 5.95 Å². The fourth-order valence-corrected chi connectivity index (χ4v) is 1.51. The summed E-state index contributed by atoms with van der Waals surface area (Å²) in [6, 6.07) is 0.626. The maximum absolute atomic E-state index is 5.57. The number of hydrogen-bond donors (Lipinski definition) is 1. The molecule has 2 N–H and O–H groups in total. The van der Waals surface area contributed by atoms with Crippen LogP contribution in [0.4, 0.5) is 5.95 Å². The molecule has 0 amide bonds. The van der Waals surface area contributed by atoms with E-state index in [4.69, 9.17) is 5.73 Å². The highest BCUT2D eigenvalue weighted by atomic mass is 15.3. The smallest absolute Gasteiger partial charge is 0.225 e. The molecule has 14 heavy (non-hydrogen) atoms. The van der Waals surface area contributed by atoms with Crippen molar-refractivity contribution < 1.29 is 0 Å². The second kappa shape index (κ2) is 3.92. The monoisotopic (exact) mass is 192 g/mol. The zero-order valence-electron chi connectivity index (χ0n) is 8.48. The summed E-state index contributed by atoms with van der Waals surface area (Å²) in [7, 11) is 0. The van der Waals surface area contributed by atoms with Crippen molar-refractivity contribution in [3.63, 3.8) is 0 Å². The van der Waals surface area contributed by atoms with Crippen molar-refractivity contribution in [1.82, 2.24) is 9.97 Å². The van der Waals surface area contributed by atoms with Crippen LogP contribution in [0.1, 0.15) is 18.4 Å². The molecule has 0 spiro atoms. The van der Waals surface area contributed by atoms with Gasteiger partial charge in [0.15, 0.2) is 0 Å². The largest absolute Gasteiger partial charge is 0.337 e. The van der Waals surface area contributed by atoms with Gasteiger partial charge in [0.05, 0.1) is 0 Å². The van der Waals surface area contributed by atoms with E-state index in [0.717, 1.165) is 18.1 Å². The number of nitrogens with two attached hydrogens (primary N) is 1. The van der Waals surface area contributed by atoms with E-state index in [1.165, 1.54) is 12.8 Å². The Morgan fingerprint density at radius 2 is 2.07 bits per heavy atom. The summed E-state index contributed by atoms with van der Waals surface area (Å²) in [6.45, 7) is 3.51. The Morgan fingerprint density at radius 1 is 1.43 bits per heavy atom. The molecule has 1 aromatic rings. The summed E-state index contributed by atoms with van der Waals surface area (Å²) < 4.78 is 0. The van der Waals surface area contributed by atoms with Gasteiger partial charge < -0.3 is 10.6 Å². The van der Waals surface area contributed by atoms with Crippen LogP contribution in [0.5, 0.6) is 0 Å². The van der Waals surface area contributed by atoms with Crippen molar-refractivity contribution in [3.05, 3.63) is 18.0 Å². The number of hydrogen-bond acceptors (Lipinski definition) is 4. The van der Waals surface area contributed by atoms with Crippen LogP contribution in [-0.4, -0.2) is 29.1 Å². The Bertz CT molecular complexity index is 291. The minimum absolute atomic E-state index is 0.626. The maximum atomic E-state index is 5.57. The maximum Gasteiger partial charge on any atom is 0.225 e. The Hall–Kier alpha value is -1.16. The van der Waals surface area contributed by atoms with Crippen molar-refractivity contribution in [2.24, 2.45) is 5.73 Å². The van der Waals surface area contributed by atoms with Crippen LogP contribution in [0.2, 0.25) is 0 Å². The van der Waals surface area contributed by atoms with Crippen LogP contribution in [-0.2, 0) is 0 Å². The van der Waals surface area contributed by atoms with Gasteiger partial charge in [-0.25, -0.2) is 9.97 Å². The molecule has 1 aliphatic carbocycles. The quantitative estimate of drug-likeness (QED) is 0.763. The lowest BCUT2D eigenvalue weighted by molar-refractivity contribution is 0.753. The van der Waals surface area contributed by atoms with E-state index >= 15 is 0 Å². The van der Waals surface area contributed by atoms with Gasteiger partial charge in [0.25, 0.3) is 0 Å². The third-order valence-corrected chi connectivity index (χ3v) is 2.38. The standard InChI is InChI=1S/C10H16N4/c1-8-6-12-10(13-7-8)14(5-4-11)9-2-3-9/h6-7,9H,2-5,11H2,1H3. The van der Waals surface area contributed by atoms with Gasteiger partial charge in [-0.05, 0) is 25.3 Å². The topological polar surface area (TPSA) is 55.0 Å². The summed E-state index contributed by atoms with van der Waals surface area (Å²) in [4.78, 5) is 10.8. The van der Waals surface area contributed by atoms with Gasteiger partial charge in [-0.1, -0.05) is 0 Å². The first kappa shape index (κ1) is 9.40. The highest BCUT2D eigenvalue weighted by molar-refractivity contribution is 5.33.